The molecule has 4 heteroatoms. The zero-order chi connectivity index (χ0) is 13.2. The van der Waals surface area contributed by atoms with Crippen molar-refractivity contribution in [2.75, 3.05) is 5.32 Å². The third-order valence-electron chi connectivity index (χ3n) is 3.38. The Bertz CT molecular complexity index is 618. The highest BCUT2D eigenvalue weighted by molar-refractivity contribution is 7.09. The maximum Gasteiger partial charge on any atom is 0.224 e. The van der Waals surface area contributed by atoms with Gasteiger partial charge in [0.15, 0.2) is 0 Å². The van der Waals surface area contributed by atoms with Gasteiger partial charge < -0.3 is 5.32 Å². The van der Waals surface area contributed by atoms with Gasteiger partial charge in [-0.3, -0.25) is 4.79 Å². The topological polar surface area (TPSA) is 42.0 Å². The van der Waals surface area contributed by atoms with E-state index in [2.05, 4.69) is 28.7 Å². The predicted molar refractivity (Wildman–Crippen MR) is 78.5 cm³/mol. The molecule has 0 unspecified atom stereocenters. The van der Waals surface area contributed by atoms with Crippen molar-refractivity contribution in [3.63, 3.8) is 0 Å². The number of nitrogens with one attached hydrogen (secondary N) is 1. The van der Waals surface area contributed by atoms with Crippen molar-refractivity contribution in [2.24, 2.45) is 0 Å². The van der Waals surface area contributed by atoms with Gasteiger partial charge in [0.1, 0.15) is 0 Å². The molecule has 0 aliphatic carbocycles. The Kier molecular flexibility index (Phi) is 3.34. The largest absolute Gasteiger partial charge is 0.326 e. The average molecular weight is 272 g/mol. The Morgan fingerprint density at radius 3 is 3.05 bits per heavy atom. The van der Waals surface area contributed by atoms with Crippen LogP contribution < -0.4 is 5.32 Å². The first-order chi connectivity index (χ1) is 9.26. The molecule has 1 aromatic heterocycles. The third kappa shape index (κ3) is 2.54. The summed E-state index contributed by atoms with van der Waals surface area (Å²) in [5.74, 6) is 0.119. The Morgan fingerprint density at radius 1 is 1.37 bits per heavy atom. The van der Waals surface area contributed by atoms with E-state index in [-0.39, 0.29) is 5.91 Å². The van der Waals surface area contributed by atoms with Crippen molar-refractivity contribution < 1.29 is 4.79 Å². The Balaban J connectivity index is 1.96. The first kappa shape index (κ1) is 12.4. The summed E-state index contributed by atoms with van der Waals surface area (Å²) in [4.78, 5) is 16.1. The minimum atomic E-state index is 0.119. The Labute approximate surface area is 116 Å². The summed E-state index contributed by atoms with van der Waals surface area (Å²) in [5.41, 5.74) is 4.36. The van der Waals surface area contributed by atoms with Crippen LogP contribution in [0.3, 0.4) is 0 Å². The fraction of sp³-hybridized carbons (Fsp3) is 0.333. The van der Waals surface area contributed by atoms with Gasteiger partial charge in [0.05, 0.1) is 10.7 Å². The van der Waals surface area contributed by atoms with Gasteiger partial charge in [0.25, 0.3) is 0 Å². The molecule has 1 N–H and O–H groups in total. The molecule has 0 bridgehead atoms. The molecule has 0 saturated carbocycles. The number of thiazole rings is 1. The lowest BCUT2D eigenvalue weighted by molar-refractivity contribution is -0.116. The molecule has 0 saturated heterocycles. The van der Waals surface area contributed by atoms with Crippen molar-refractivity contribution in [3.8, 4) is 11.3 Å². The highest BCUT2D eigenvalue weighted by Gasteiger charge is 2.14. The second-order valence-electron chi connectivity index (χ2n) is 4.75. The molecule has 98 valence electrons. The van der Waals surface area contributed by atoms with Gasteiger partial charge in [-0.15, -0.1) is 11.3 Å². The van der Waals surface area contributed by atoms with Crippen molar-refractivity contribution in [3.05, 3.63) is 34.2 Å². The number of anilines is 1. The second-order valence-corrected chi connectivity index (χ2v) is 5.70. The van der Waals surface area contributed by atoms with Crippen LogP contribution in [0.25, 0.3) is 11.3 Å². The van der Waals surface area contributed by atoms with Gasteiger partial charge in [-0.2, -0.15) is 0 Å². The van der Waals surface area contributed by atoms with E-state index in [1.807, 2.05) is 12.1 Å². The van der Waals surface area contributed by atoms with E-state index in [9.17, 15) is 4.79 Å². The molecule has 2 aromatic rings. The number of carbonyl (C=O) groups is 1. The van der Waals surface area contributed by atoms with Gasteiger partial charge in [-0.25, -0.2) is 4.98 Å². The Hall–Kier alpha value is -1.68. The Morgan fingerprint density at radius 2 is 2.26 bits per heavy atom. The van der Waals surface area contributed by atoms with Gasteiger partial charge in [0.2, 0.25) is 5.91 Å². The molecule has 0 fully saturated rings. The normalized spacial score (nSPS) is 14.7. The third-order valence-corrected chi connectivity index (χ3v) is 4.37. The van der Waals surface area contributed by atoms with Gasteiger partial charge >= 0.3 is 0 Å². The van der Waals surface area contributed by atoms with Crippen LogP contribution in [0.1, 0.15) is 30.3 Å². The summed E-state index contributed by atoms with van der Waals surface area (Å²) >= 11 is 1.71. The summed E-state index contributed by atoms with van der Waals surface area (Å²) < 4.78 is 0. The molecular formula is C15H16N2OS. The highest BCUT2D eigenvalue weighted by atomic mass is 32.1. The molecule has 3 rings (SSSR count). The van der Waals surface area contributed by atoms with Crippen LogP contribution in [-0.2, 0) is 17.6 Å². The van der Waals surface area contributed by atoms with Crippen LogP contribution in [0.2, 0.25) is 0 Å². The minimum Gasteiger partial charge on any atom is -0.326 e. The molecular weight excluding hydrogens is 256 g/mol. The average Bonchev–Trinajstić information content (AvgIpc) is 2.81. The first-order valence-electron chi connectivity index (χ1n) is 6.64. The lowest BCUT2D eigenvalue weighted by Crippen LogP contribution is -2.09. The lowest BCUT2D eigenvalue weighted by Gasteiger charge is -2.08. The van der Waals surface area contributed by atoms with E-state index in [1.54, 1.807) is 11.3 Å². The van der Waals surface area contributed by atoms with E-state index in [4.69, 9.17) is 0 Å². The monoisotopic (exact) mass is 272 g/mol. The molecule has 0 atom stereocenters. The fourth-order valence-electron chi connectivity index (χ4n) is 2.34. The predicted octanol–water partition coefficient (Wildman–Crippen LogP) is 3.65. The second kappa shape index (κ2) is 5.13. The molecule has 19 heavy (non-hydrogen) atoms. The number of nitrogens with zero attached hydrogens (tertiary/aromatic N) is 1. The number of amides is 1. The number of hydrogen-bond donors (Lipinski definition) is 1. The molecule has 1 aliphatic heterocycles. The maximum absolute atomic E-state index is 11.5. The van der Waals surface area contributed by atoms with Crippen molar-refractivity contribution in [2.45, 2.75) is 32.6 Å². The molecule has 0 spiro atoms. The molecule has 1 aliphatic rings. The van der Waals surface area contributed by atoms with Crippen LogP contribution in [0, 0.1) is 0 Å². The van der Waals surface area contributed by atoms with Crippen LogP contribution in [0.4, 0.5) is 5.69 Å². The van der Waals surface area contributed by atoms with E-state index in [1.165, 1.54) is 10.6 Å². The molecule has 1 amide bonds. The van der Waals surface area contributed by atoms with Gasteiger partial charge in [-0.05, 0) is 37.0 Å². The number of aryl methyl sites for hydroxylation is 2. The SMILES string of the molecule is CCc1nc(-c2ccc3c(c2)CCCC(=O)N3)cs1. The van der Waals surface area contributed by atoms with Crippen molar-refractivity contribution in [1.82, 2.24) is 4.98 Å². The van der Waals surface area contributed by atoms with Crippen LogP contribution >= 0.6 is 11.3 Å². The summed E-state index contributed by atoms with van der Waals surface area (Å²) in [6.45, 7) is 2.12. The van der Waals surface area contributed by atoms with Gasteiger partial charge in [0, 0.05) is 23.1 Å². The smallest absolute Gasteiger partial charge is 0.224 e. The fourth-order valence-corrected chi connectivity index (χ4v) is 3.09. The summed E-state index contributed by atoms with van der Waals surface area (Å²) in [5, 5.41) is 6.23. The van der Waals surface area contributed by atoms with E-state index in [0.29, 0.717) is 6.42 Å². The van der Waals surface area contributed by atoms with Crippen LogP contribution in [0.15, 0.2) is 23.6 Å². The van der Waals surface area contributed by atoms with Crippen LogP contribution in [0.5, 0.6) is 0 Å². The maximum atomic E-state index is 11.5. The standard InChI is InChI=1S/C15H16N2OS/c1-2-15-17-13(9-19-15)11-6-7-12-10(8-11)4-3-5-14(18)16-12/h6-9H,2-5H2,1H3,(H,16,18). The van der Waals surface area contributed by atoms with Crippen molar-refractivity contribution in [1.29, 1.82) is 0 Å². The first-order valence-corrected chi connectivity index (χ1v) is 7.52. The zero-order valence-corrected chi connectivity index (χ0v) is 11.7. The number of fused-ring (bicyclic) bond motifs is 1. The summed E-state index contributed by atoms with van der Waals surface area (Å²) in [6.07, 6.45) is 3.46. The number of aromatic nitrogens is 1. The van der Waals surface area contributed by atoms with Crippen molar-refractivity contribution >= 4 is 22.9 Å². The van der Waals surface area contributed by atoms with E-state index < -0.39 is 0 Å². The summed E-state index contributed by atoms with van der Waals surface area (Å²) in [6, 6.07) is 6.20. The molecule has 2 heterocycles. The number of hydrogen-bond acceptors (Lipinski definition) is 3. The zero-order valence-electron chi connectivity index (χ0n) is 10.9. The lowest BCUT2D eigenvalue weighted by atomic mass is 10.0. The number of carbonyl (C=O) groups excluding carboxylic acids is 1. The summed E-state index contributed by atoms with van der Waals surface area (Å²) in [7, 11) is 0. The molecule has 3 nitrogen and oxygen atoms in total. The molecule has 0 radical (unpaired) electrons. The minimum absolute atomic E-state index is 0.119. The number of rotatable bonds is 2. The number of benzene rings is 1. The highest BCUT2D eigenvalue weighted by Crippen LogP contribution is 2.29. The quantitative estimate of drug-likeness (QED) is 0.906. The molecule has 1 aromatic carbocycles. The van der Waals surface area contributed by atoms with E-state index >= 15 is 0 Å². The van der Waals surface area contributed by atoms with Crippen LogP contribution in [-0.4, -0.2) is 10.9 Å². The van der Waals surface area contributed by atoms with Gasteiger partial charge in [-0.1, -0.05) is 13.0 Å². The van der Waals surface area contributed by atoms with E-state index in [0.717, 1.165) is 36.2 Å².